The third-order valence-electron chi connectivity index (χ3n) is 17.5. The van der Waals surface area contributed by atoms with Gasteiger partial charge in [0.1, 0.15) is 48.4 Å². The summed E-state index contributed by atoms with van der Waals surface area (Å²) in [5.41, 5.74) is 4.33. The van der Waals surface area contributed by atoms with E-state index in [9.17, 15) is 30.0 Å². The molecule has 83 heavy (non-hydrogen) atoms. The number of halogens is 1. The number of aliphatic hydroxyl groups excluding tert-OH is 3. The lowest BCUT2D eigenvalue weighted by Gasteiger charge is -2.50. The molecule has 3 fully saturated rings. The average Bonchev–Trinajstić information content (AvgIpc) is 4.02. The molecule has 0 aliphatic carbocycles. The number of nitrogens with zero attached hydrogens (tertiary/aromatic N) is 6. The lowest BCUT2D eigenvalue weighted by atomic mass is 9.73. The molecule has 0 bridgehead atoms. The Morgan fingerprint density at radius 3 is 2.19 bits per heavy atom. The van der Waals surface area contributed by atoms with Gasteiger partial charge >= 0.3 is 5.97 Å². The Kier molecular flexibility index (Phi) is 23.7. The maximum Gasteiger partial charge on any atom is 0.311 e. The largest absolute Gasteiger partial charge is 0.459 e. The second-order valence-electron chi connectivity index (χ2n) is 23.5. The van der Waals surface area contributed by atoms with Gasteiger partial charge in [0, 0.05) is 89.6 Å². The van der Waals surface area contributed by atoms with E-state index in [2.05, 4.69) is 20.5 Å². The molecule has 466 valence electrons. The molecule has 2 unspecified atom stereocenters. The van der Waals surface area contributed by atoms with Gasteiger partial charge in [0.05, 0.1) is 59.0 Å². The second-order valence-corrected chi connectivity index (χ2v) is 23.5. The van der Waals surface area contributed by atoms with Crippen LogP contribution in [0.1, 0.15) is 129 Å². The number of likely N-dealkylation sites (N-methyl/N-ethyl adjacent to an activating group) is 1. The molecule has 3 aromatic rings. The first-order chi connectivity index (χ1) is 39.2. The molecular weight excluding hydrogens is 1080 g/mol. The molecule has 1 aromatic carbocycles. The highest BCUT2D eigenvalue weighted by Gasteiger charge is 2.54. The van der Waals surface area contributed by atoms with Gasteiger partial charge in [-0.3, -0.25) is 14.6 Å². The van der Waals surface area contributed by atoms with Crippen LogP contribution in [0.5, 0.6) is 0 Å². The standard InChI is InChI=1S/C59H92FN7O16/c1-16-45-59(10,73)51(69)34(4)47(64-78-31-74-12)32(2)26-58(9,77-15)53(35(5)49(36(6)55(72)81-45)82-46-27-57(8,76-14)52(70)37(7)80-46)83-56-48(68)43(25-33(3)79-56)66(11)24-23-41-30-67(65-63-41)44(28-60)50(75-13)39-19-17-38(18-20-39)40-21-22-42(54(61)71)62-29-40/h17-22,29-30,32-37,43-46,48-53,56,68-70,73H,16,23-28,31H2,1-15H3,(H2,61,71)/b64-47+/t32-,33-,34+,35+,36-,37+,43+,44?,45-,46+,48-,49+,50?,51-,52+,53-,56+,57-,58-,59-/m1/s1. The van der Waals surface area contributed by atoms with Crippen molar-refractivity contribution in [3.63, 3.8) is 0 Å². The lowest BCUT2D eigenvalue weighted by molar-refractivity contribution is -0.319. The summed E-state index contributed by atoms with van der Waals surface area (Å²) < 4.78 is 73.0. The number of hydrogen-bond donors (Lipinski definition) is 5. The maximum atomic E-state index is 15.1. The van der Waals surface area contributed by atoms with Gasteiger partial charge in [-0.2, -0.15) is 0 Å². The molecule has 24 heteroatoms. The molecule has 23 nitrogen and oxygen atoms in total. The topological polar surface area (TPSA) is 293 Å². The summed E-state index contributed by atoms with van der Waals surface area (Å²) in [6, 6.07) is 9.32. The zero-order chi connectivity index (χ0) is 61.3. The quantitative estimate of drug-likeness (QED) is 0.0401. The van der Waals surface area contributed by atoms with E-state index in [4.69, 9.17) is 53.2 Å². The highest BCUT2D eigenvalue weighted by molar-refractivity contribution is 5.91. The fraction of sp³-hybridized carbons (Fsp3) is 0.729. The normalized spacial score (nSPS) is 36.3. The van der Waals surface area contributed by atoms with Crippen molar-refractivity contribution < 1.29 is 81.9 Å². The van der Waals surface area contributed by atoms with Gasteiger partial charge in [-0.05, 0) is 85.0 Å². The van der Waals surface area contributed by atoms with Crippen molar-refractivity contribution >= 4 is 17.6 Å². The number of aliphatic hydroxyl groups is 4. The van der Waals surface area contributed by atoms with Crippen molar-refractivity contribution in [1.82, 2.24) is 24.9 Å². The highest BCUT2D eigenvalue weighted by atomic mass is 19.1. The van der Waals surface area contributed by atoms with Crippen LogP contribution in [0.25, 0.3) is 11.1 Å². The van der Waals surface area contributed by atoms with Crippen molar-refractivity contribution in [2.75, 3.05) is 55.5 Å². The van der Waals surface area contributed by atoms with E-state index < -0.39 is 139 Å². The number of rotatable bonds is 21. The van der Waals surface area contributed by atoms with Gasteiger partial charge in [-0.1, -0.05) is 68.4 Å². The Hall–Kier alpha value is -4.67. The molecule has 0 radical (unpaired) electrons. The molecule has 3 aliphatic heterocycles. The predicted octanol–water partition coefficient (Wildman–Crippen LogP) is 5.11. The fourth-order valence-electron chi connectivity index (χ4n) is 12.3. The number of hydrogen-bond acceptors (Lipinski definition) is 21. The SMILES string of the molecule is CC[C@H]1OC(=O)[C@H](C)[C@@H](O[C@H]2C[C@@](C)(OC)[C@@H](O)[C@H](C)O2)[C@H](C)[C@@H](O[C@@H]2O[C@H](C)C[C@H](N(C)CCc3cn(C(CF)C(OC)c4ccc(-c5ccc(C(N)=O)nc5)cc4)nn3)[C@H]2O)[C@](C)(OC)C[C@@H](C)/C(=N\OCOC)[C@H](C)[C@@H](O)[C@]1(C)O. The third-order valence-corrected chi connectivity index (χ3v) is 17.5. The summed E-state index contributed by atoms with van der Waals surface area (Å²) in [7, 11) is 7.86. The smallest absolute Gasteiger partial charge is 0.311 e. The Morgan fingerprint density at radius 2 is 1.60 bits per heavy atom. The number of oxime groups is 1. The number of nitrogens with two attached hydrogens (primary N) is 1. The number of amides is 1. The number of carbonyl (C=O) groups excluding carboxylic acids is 2. The summed E-state index contributed by atoms with van der Waals surface area (Å²) in [4.78, 5) is 37.9. The lowest BCUT2D eigenvalue weighted by Crippen LogP contribution is -2.61. The fourth-order valence-corrected chi connectivity index (χ4v) is 12.3. The minimum absolute atomic E-state index is 0.0739. The number of aromatic nitrogens is 4. The van der Waals surface area contributed by atoms with Gasteiger partial charge in [-0.15, -0.1) is 5.10 Å². The van der Waals surface area contributed by atoms with Gasteiger partial charge in [0.25, 0.3) is 5.91 Å². The molecule has 6 rings (SSSR count). The van der Waals surface area contributed by atoms with E-state index in [0.29, 0.717) is 36.4 Å². The summed E-state index contributed by atoms with van der Waals surface area (Å²) in [6.07, 6.45) is -6.93. The van der Waals surface area contributed by atoms with E-state index in [0.717, 1.165) is 11.1 Å². The van der Waals surface area contributed by atoms with E-state index in [1.165, 1.54) is 40.0 Å². The average molecular weight is 1170 g/mol. The number of primary amides is 1. The molecule has 3 saturated heterocycles. The Balaban J connectivity index is 1.29. The summed E-state index contributed by atoms with van der Waals surface area (Å²) >= 11 is 0. The van der Waals surface area contributed by atoms with Crippen LogP contribution in [0.15, 0.2) is 53.9 Å². The highest BCUT2D eigenvalue weighted by Crippen LogP contribution is 2.43. The number of pyridine rings is 1. The zero-order valence-electron chi connectivity index (χ0n) is 50.9. The van der Waals surface area contributed by atoms with Crippen LogP contribution in [0.2, 0.25) is 0 Å². The van der Waals surface area contributed by atoms with Crippen LogP contribution in [-0.4, -0.2) is 203 Å². The number of esters is 1. The van der Waals surface area contributed by atoms with Crippen molar-refractivity contribution in [3.05, 3.63) is 65.7 Å². The molecule has 0 spiro atoms. The molecule has 2 aromatic heterocycles. The molecular formula is C59H92FN7O16. The molecule has 20 atom stereocenters. The molecule has 0 saturated carbocycles. The van der Waals surface area contributed by atoms with Crippen molar-refractivity contribution in [2.45, 2.75) is 198 Å². The third kappa shape index (κ3) is 15.5. The minimum Gasteiger partial charge on any atom is -0.459 e. The Labute approximate surface area is 487 Å². The maximum absolute atomic E-state index is 15.1. The first-order valence-corrected chi connectivity index (χ1v) is 28.7. The molecule has 6 N–H and O–H groups in total. The Morgan fingerprint density at radius 1 is 0.928 bits per heavy atom. The van der Waals surface area contributed by atoms with E-state index in [-0.39, 0.29) is 31.7 Å². The monoisotopic (exact) mass is 1170 g/mol. The number of alkyl halides is 1. The molecule has 5 heterocycles. The van der Waals surface area contributed by atoms with Gasteiger partial charge in [-0.25, -0.2) is 9.07 Å². The van der Waals surface area contributed by atoms with Gasteiger partial charge in [0.15, 0.2) is 12.6 Å². The first-order valence-electron chi connectivity index (χ1n) is 28.7. The molecule has 1 amide bonds. The zero-order valence-corrected chi connectivity index (χ0v) is 50.9. The van der Waals surface area contributed by atoms with Crippen molar-refractivity contribution in [3.8, 4) is 11.1 Å². The van der Waals surface area contributed by atoms with Crippen molar-refractivity contribution in [1.29, 1.82) is 0 Å². The van der Waals surface area contributed by atoms with E-state index in [1.807, 2.05) is 63.9 Å². The summed E-state index contributed by atoms with van der Waals surface area (Å²) in [5, 5.41) is 61.1. The van der Waals surface area contributed by atoms with E-state index >= 15 is 4.39 Å². The number of benzene rings is 1. The Bertz CT molecular complexity index is 2570. The summed E-state index contributed by atoms with van der Waals surface area (Å²) in [6.45, 7) is 16.8. The van der Waals surface area contributed by atoms with Crippen LogP contribution in [0.4, 0.5) is 4.39 Å². The van der Waals surface area contributed by atoms with Gasteiger partial charge < -0.3 is 78.5 Å². The number of methoxy groups -OCH3 is 4. The first kappa shape index (κ1) is 67.5. The molecule has 3 aliphatic rings. The summed E-state index contributed by atoms with van der Waals surface area (Å²) in [5.74, 6) is -4.68. The van der Waals surface area contributed by atoms with Crippen LogP contribution in [0, 0.1) is 23.7 Å². The second kappa shape index (κ2) is 29.1. The van der Waals surface area contributed by atoms with Crippen LogP contribution >= 0.6 is 0 Å². The van der Waals surface area contributed by atoms with Gasteiger partial charge in [0.2, 0.25) is 6.79 Å². The van der Waals surface area contributed by atoms with E-state index in [1.54, 1.807) is 59.1 Å². The predicted molar refractivity (Wildman–Crippen MR) is 302 cm³/mol. The van der Waals surface area contributed by atoms with Crippen molar-refractivity contribution in [2.24, 2.45) is 34.6 Å². The number of ether oxygens (including phenoxy) is 9. The van der Waals surface area contributed by atoms with Crippen LogP contribution in [-0.2, 0) is 58.7 Å². The number of cyclic esters (lactones) is 1. The number of carbonyl (C=O) groups is 2. The van der Waals surface area contributed by atoms with Crippen LogP contribution < -0.4 is 5.73 Å². The van der Waals surface area contributed by atoms with Crippen LogP contribution in [0.3, 0.4) is 0 Å². The minimum atomic E-state index is -1.98.